The SMILES string of the molecule is CS1=CC=NC1. The monoisotopic (exact) mass is 101 g/mol. The van der Waals surface area contributed by atoms with Gasteiger partial charge in [0.25, 0.3) is 0 Å². The zero-order valence-electron chi connectivity index (χ0n) is 3.72. The Morgan fingerprint density at radius 2 is 2.67 bits per heavy atom. The Hall–Kier alpha value is -0.110. The van der Waals surface area contributed by atoms with E-state index in [2.05, 4.69) is 16.6 Å². The van der Waals surface area contributed by atoms with Crippen molar-refractivity contribution in [2.45, 2.75) is 0 Å². The van der Waals surface area contributed by atoms with E-state index in [1.165, 1.54) is 0 Å². The minimum Gasteiger partial charge on any atom is -0.282 e. The van der Waals surface area contributed by atoms with Crippen LogP contribution < -0.4 is 0 Å². The molecule has 2 heteroatoms. The largest absolute Gasteiger partial charge is 0.282 e. The first-order valence-corrected chi connectivity index (χ1v) is 3.71. The van der Waals surface area contributed by atoms with Crippen molar-refractivity contribution in [2.75, 3.05) is 12.1 Å². The van der Waals surface area contributed by atoms with Gasteiger partial charge in [-0.25, -0.2) is 0 Å². The number of nitrogens with zero attached hydrogens (tertiary/aromatic N) is 1. The molecule has 0 saturated heterocycles. The summed E-state index contributed by atoms with van der Waals surface area (Å²) in [7, 11) is 0.480. The fourth-order valence-electron chi connectivity index (χ4n) is 0.351. The lowest BCUT2D eigenvalue weighted by molar-refractivity contribution is 1.42. The van der Waals surface area contributed by atoms with Crippen LogP contribution in [0.3, 0.4) is 0 Å². The summed E-state index contributed by atoms with van der Waals surface area (Å²) in [4.78, 5) is 4.00. The van der Waals surface area contributed by atoms with Crippen LogP contribution in [0.1, 0.15) is 0 Å². The predicted molar refractivity (Wildman–Crippen MR) is 32.9 cm³/mol. The Morgan fingerprint density at radius 1 is 1.83 bits per heavy atom. The van der Waals surface area contributed by atoms with E-state index in [9.17, 15) is 0 Å². The maximum absolute atomic E-state index is 4.00. The first-order chi connectivity index (χ1) is 2.89. The van der Waals surface area contributed by atoms with E-state index in [4.69, 9.17) is 0 Å². The molecule has 0 amide bonds. The van der Waals surface area contributed by atoms with Crippen molar-refractivity contribution in [3.63, 3.8) is 0 Å². The second-order valence-corrected chi connectivity index (χ2v) is 3.20. The molecule has 0 radical (unpaired) electrons. The lowest BCUT2D eigenvalue weighted by Gasteiger charge is -1.81. The smallest absolute Gasteiger partial charge is 0.0794 e. The van der Waals surface area contributed by atoms with Gasteiger partial charge in [0.2, 0.25) is 0 Å². The summed E-state index contributed by atoms with van der Waals surface area (Å²) in [5.74, 6) is 1.03. The number of hydrogen-bond acceptors (Lipinski definition) is 1. The van der Waals surface area contributed by atoms with Crippen molar-refractivity contribution >= 4 is 22.1 Å². The van der Waals surface area contributed by atoms with Gasteiger partial charge >= 0.3 is 0 Å². The van der Waals surface area contributed by atoms with Crippen LogP contribution in [0.2, 0.25) is 0 Å². The lowest BCUT2D eigenvalue weighted by atomic mass is 10.9. The fourth-order valence-corrected chi connectivity index (χ4v) is 1.05. The Bertz CT molecular complexity index is 104. The van der Waals surface area contributed by atoms with Gasteiger partial charge in [-0.3, -0.25) is 4.99 Å². The van der Waals surface area contributed by atoms with E-state index >= 15 is 0 Å². The molecule has 0 spiro atoms. The molecule has 6 heavy (non-hydrogen) atoms. The minimum absolute atomic E-state index is 0.480. The highest BCUT2D eigenvalue weighted by atomic mass is 32.2. The highest BCUT2D eigenvalue weighted by Crippen LogP contribution is 2.06. The third kappa shape index (κ3) is 0.684. The molecule has 1 atom stereocenters. The highest BCUT2D eigenvalue weighted by molar-refractivity contribution is 8.15. The summed E-state index contributed by atoms with van der Waals surface area (Å²) < 4.78 is 0. The van der Waals surface area contributed by atoms with Crippen LogP contribution in [0.5, 0.6) is 0 Å². The highest BCUT2D eigenvalue weighted by Gasteiger charge is 1.84. The first kappa shape index (κ1) is 4.06. The van der Waals surface area contributed by atoms with Gasteiger partial charge in [-0.15, -0.1) is 0 Å². The molecular formula is C4H7NS. The van der Waals surface area contributed by atoms with E-state index in [1.807, 2.05) is 6.21 Å². The standard InChI is InChI=1S/C4H7NS/c1-6-3-2-5-4-6/h2-3H,4H2,1H3. The molecule has 0 bridgehead atoms. The van der Waals surface area contributed by atoms with Crippen LogP contribution in [0.25, 0.3) is 0 Å². The summed E-state index contributed by atoms with van der Waals surface area (Å²) in [6.07, 6.45) is 4.08. The van der Waals surface area contributed by atoms with E-state index in [0.29, 0.717) is 10.5 Å². The van der Waals surface area contributed by atoms with Gasteiger partial charge in [0, 0.05) is 6.21 Å². The maximum Gasteiger partial charge on any atom is 0.0794 e. The Morgan fingerprint density at radius 3 is 2.83 bits per heavy atom. The van der Waals surface area contributed by atoms with Crippen molar-refractivity contribution in [2.24, 2.45) is 4.99 Å². The van der Waals surface area contributed by atoms with Gasteiger partial charge in [-0.2, -0.15) is 10.5 Å². The lowest BCUT2D eigenvalue weighted by Crippen LogP contribution is -1.62. The Labute approximate surface area is 40.0 Å². The second kappa shape index (κ2) is 1.56. The number of rotatable bonds is 0. The molecule has 1 nitrogen and oxygen atoms in total. The maximum atomic E-state index is 4.00. The molecule has 1 unspecified atom stereocenters. The Balaban J connectivity index is 2.61. The summed E-state index contributed by atoms with van der Waals surface area (Å²) in [6, 6.07) is 0. The van der Waals surface area contributed by atoms with Crippen LogP contribution >= 0.6 is 10.5 Å². The van der Waals surface area contributed by atoms with Crippen molar-refractivity contribution in [3.05, 3.63) is 0 Å². The summed E-state index contributed by atoms with van der Waals surface area (Å²) in [6.45, 7) is 0. The van der Waals surface area contributed by atoms with Crippen LogP contribution in [-0.4, -0.2) is 23.7 Å². The molecule has 0 aliphatic carbocycles. The third-order valence-corrected chi connectivity index (χ3v) is 1.82. The van der Waals surface area contributed by atoms with Gasteiger partial charge in [0.1, 0.15) is 0 Å². The summed E-state index contributed by atoms with van der Waals surface area (Å²) in [5.41, 5.74) is 0. The van der Waals surface area contributed by atoms with E-state index in [0.717, 1.165) is 5.88 Å². The average Bonchev–Trinajstić information content (AvgIpc) is 1.86. The normalized spacial score (nSPS) is 30.5. The second-order valence-electron chi connectivity index (χ2n) is 1.29. The molecule has 34 valence electrons. The molecule has 1 rings (SSSR count). The zero-order chi connectivity index (χ0) is 4.41. The van der Waals surface area contributed by atoms with E-state index in [-0.39, 0.29) is 0 Å². The molecule has 1 aliphatic heterocycles. The van der Waals surface area contributed by atoms with E-state index in [1.54, 1.807) is 0 Å². The molecule has 0 saturated carbocycles. The number of hydrogen-bond donors (Lipinski definition) is 0. The Kier molecular flexibility index (Phi) is 1.05. The first-order valence-electron chi connectivity index (χ1n) is 1.84. The average molecular weight is 101 g/mol. The van der Waals surface area contributed by atoms with Gasteiger partial charge in [-0.1, -0.05) is 0 Å². The molecule has 0 aromatic heterocycles. The molecule has 0 aromatic carbocycles. The van der Waals surface area contributed by atoms with Crippen LogP contribution in [0, 0.1) is 0 Å². The van der Waals surface area contributed by atoms with Crippen molar-refractivity contribution in [1.29, 1.82) is 0 Å². The number of aliphatic imine (C=N–C) groups is 1. The molecule has 0 fully saturated rings. The zero-order valence-corrected chi connectivity index (χ0v) is 4.53. The van der Waals surface area contributed by atoms with Crippen LogP contribution in [0.4, 0.5) is 0 Å². The van der Waals surface area contributed by atoms with Crippen molar-refractivity contribution in [3.8, 4) is 0 Å². The predicted octanol–water partition coefficient (Wildman–Crippen LogP) is 0.729. The quantitative estimate of drug-likeness (QED) is 0.399. The van der Waals surface area contributed by atoms with Gasteiger partial charge in [0.15, 0.2) is 0 Å². The minimum atomic E-state index is 0.480. The van der Waals surface area contributed by atoms with Crippen LogP contribution in [-0.2, 0) is 0 Å². The van der Waals surface area contributed by atoms with Crippen molar-refractivity contribution in [1.82, 2.24) is 0 Å². The van der Waals surface area contributed by atoms with Crippen LogP contribution in [0.15, 0.2) is 4.99 Å². The summed E-state index contributed by atoms with van der Waals surface area (Å²) in [5, 5.41) is 2.14. The molecule has 1 heterocycles. The van der Waals surface area contributed by atoms with Gasteiger partial charge in [0.05, 0.1) is 5.88 Å². The third-order valence-electron chi connectivity index (χ3n) is 0.677. The molecule has 0 aromatic rings. The van der Waals surface area contributed by atoms with E-state index < -0.39 is 0 Å². The molecular weight excluding hydrogens is 94.1 g/mol. The summed E-state index contributed by atoms with van der Waals surface area (Å²) >= 11 is 0. The molecule has 1 aliphatic rings. The van der Waals surface area contributed by atoms with Crippen molar-refractivity contribution < 1.29 is 0 Å². The fraction of sp³-hybridized carbons (Fsp3) is 0.500. The van der Waals surface area contributed by atoms with Gasteiger partial charge in [-0.05, 0) is 11.6 Å². The van der Waals surface area contributed by atoms with Gasteiger partial charge < -0.3 is 0 Å². The topological polar surface area (TPSA) is 12.4 Å². The molecule has 0 N–H and O–H groups in total.